The molecule has 1 aromatic carbocycles. The van der Waals surface area contributed by atoms with Crippen molar-refractivity contribution in [3.8, 4) is 17.6 Å². The van der Waals surface area contributed by atoms with Crippen molar-refractivity contribution in [2.24, 2.45) is 5.41 Å². The van der Waals surface area contributed by atoms with E-state index >= 15 is 0 Å². The Morgan fingerprint density at radius 1 is 1.25 bits per heavy atom. The van der Waals surface area contributed by atoms with Gasteiger partial charge in [0.2, 0.25) is 0 Å². The second kappa shape index (κ2) is 4.05. The molecule has 0 N–H and O–H groups in total. The number of rotatable bonds is 2. The third-order valence-corrected chi connectivity index (χ3v) is 2.56. The van der Waals surface area contributed by atoms with Gasteiger partial charge in [0.05, 0.1) is 11.5 Å². The Bertz CT molecular complexity index is 432. The van der Waals surface area contributed by atoms with Crippen molar-refractivity contribution in [2.45, 2.75) is 20.3 Å². The molecule has 0 saturated heterocycles. The number of ether oxygens (including phenoxy) is 2. The molecule has 1 aliphatic heterocycles. The average Bonchev–Trinajstić information content (AvgIpc) is 2.28. The maximum Gasteiger partial charge on any atom is 0.161 e. The minimum Gasteiger partial charge on any atom is -0.486 e. The number of nitrogens with zero attached hydrogens (tertiary/aromatic N) is 1. The first-order valence-corrected chi connectivity index (χ1v) is 5.40. The van der Waals surface area contributed by atoms with Gasteiger partial charge in [0.1, 0.15) is 13.2 Å². The maximum absolute atomic E-state index is 8.99. The zero-order valence-corrected chi connectivity index (χ0v) is 9.62. The Morgan fingerprint density at radius 3 is 2.62 bits per heavy atom. The van der Waals surface area contributed by atoms with Gasteiger partial charge in [0.15, 0.2) is 11.5 Å². The highest BCUT2D eigenvalue weighted by Gasteiger charge is 2.19. The van der Waals surface area contributed by atoms with E-state index in [2.05, 4.69) is 6.07 Å². The van der Waals surface area contributed by atoms with E-state index in [0.717, 1.165) is 23.5 Å². The highest BCUT2D eigenvalue weighted by molar-refractivity contribution is 5.44. The van der Waals surface area contributed by atoms with Crippen LogP contribution in [-0.2, 0) is 6.42 Å². The summed E-state index contributed by atoms with van der Waals surface area (Å²) in [5.41, 5.74) is 0.764. The van der Waals surface area contributed by atoms with E-state index in [4.69, 9.17) is 14.7 Å². The van der Waals surface area contributed by atoms with Gasteiger partial charge in [0, 0.05) is 0 Å². The fraction of sp³-hybridized carbons (Fsp3) is 0.462. The van der Waals surface area contributed by atoms with Gasteiger partial charge in [-0.05, 0) is 38.0 Å². The predicted octanol–water partition coefficient (Wildman–Crippen LogP) is 2.55. The van der Waals surface area contributed by atoms with Crippen LogP contribution in [0.5, 0.6) is 11.5 Å². The van der Waals surface area contributed by atoms with Crippen LogP contribution in [0.3, 0.4) is 0 Å². The molecule has 0 saturated carbocycles. The maximum atomic E-state index is 8.99. The molecule has 0 aliphatic carbocycles. The first kappa shape index (κ1) is 10.8. The summed E-state index contributed by atoms with van der Waals surface area (Å²) in [6.45, 7) is 5.07. The van der Waals surface area contributed by atoms with Gasteiger partial charge in [-0.15, -0.1) is 0 Å². The minimum atomic E-state index is -0.343. The summed E-state index contributed by atoms with van der Waals surface area (Å²) < 4.78 is 10.9. The molecule has 0 aromatic heterocycles. The lowest BCUT2D eigenvalue weighted by Gasteiger charge is -2.20. The Morgan fingerprint density at radius 2 is 1.94 bits per heavy atom. The van der Waals surface area contributed by atoms with E-state index in [9.17, 15) is 0 Å². The molecule has 16 heavy (non-hydrogen) atoms. The molecular weight excluding hydrogens is 202 g/mol. The molecule has 0 fully saturated rings. The monoisotopic (exact) mass is 217 g/mol. The van der Waals surface area contributed by atoms with Crippen LogP contribution in [0.25, 0.3) is 0 Å². The second-order valence-corrected chi connectivity index (χ2v) is 4.65. The van der Waals surface area contributed by atoms with Crippen molar-refractivity contribution in [1.29, 1.82) is 5.26 Å². The second-order valence-electron chi connectivity index (χ2n) is 4.65. The smallest absolute Gasteiger partial charge is 0.161 e. The van der Waals surface area contributed by atoms with Crippen LogP contribution in [0, 0.1) is 16.7 Å². The fourth-order valence-electron chi connectivity index (χ4n) is 1.75. The number of hydrogen-bond donors (Lipinski definition) is 0. The molecule has 0 unspecified atom stereocenters. The molecule has 0 amide bonds. The lowest BCUT2D eigenvalue weighted by Crippen LogP contribution is -2.16. The summed E-state index contributed by atoms with van der Waals surface area (Å²) >= 11 is 0. The number of nitriles is 1. The van der Waals surface area contributed by atoms with E-state index in [1.165, 1.54) is 0 Å². The van der Waals surface area contributed by atoms with Crippen molar-refractivity contribution in [1.82, 2.24) is 0 Å². The van der Waals surface area contributed by atoms with Crippen molar-refractivity contribution >= 4 is 0 Å². The lowest BCUT2D eigenvalue weighted by molar-refractivity contribution is 0.171. The third-order valence-electron chi connectivity index (χ3n) is 2.56. The first-order chi connectivity index (χ1) is 7.61. The average molecular weight is 217 g/mol. The van der Waals surface area contributed by atoms with E-state index in [-0.39, 0.29) is 5.41 Å². The summed E-state index contributed by atoms with van der Waals surface area (Å²) in [4.78, 5) is 0. The standard InChI is InChI=1S/C13H15NO2/c1-13(2,9-14)8-10-3-4-11-12(7-10)16-6-5-15-11/h3-4,7H,5-6,8H2,1-2H3. The van der Waals surface area contributed by atoms with E-state index in [1.807, 2.05) is 32.0 Å². The molecule has 0 atom stereocenters. The van der Waals surface area contributed by atoms with Crippen molar-refractivity contribution in [3.05, 3.63) is 23.8 Å². The van der Waals surface area contributed by atoms with Gasteiger partial charge in [-0.3, -0.25) is 0 Å². The molecule has 3 nitrogen and oxygen atoms in total. The van der Waals surface area contributed by atoms with E-state index in [1.54, 1.807) is 0 Å². The summed E-state index contributed by atoms with van der Waals surface area (Å²) in [7, 11) is 0. The molecule has 0 radical (unpaired) electrons. The first-order valence-electron chi connectivity index (χ1n) is 5.40. The molecular formula is C13H15NO2. The molecule has 2 rings (SSSR count). The van der Waals surface area contributed by atoms with Crippen LogP contribution in [-0.4, -0.2) is 13.2 Å². The fourth-order valence-corrected chi connectivity index (χ4v) is 1.75. The topological polar surface area (TPSA) is 42.2 Å². The lowest BCUT2D eigenvalue weighted by atomic mass is 9.87. The van der Waals surface area contributed by atoms with Gasteiger partial charge in [-0.1, -0.05) is 6.07 Å². The van der Waals surface area contributed by atoms with Crippen LogP contribution in [0.2, 0.25) is 0 Å². The van der Waals surface area contributed by atoms with Crippen LogP contribution in [0.1, 0.15) is 19.4 Å². The molecule has 3 heteroatoms. The Hall–Kier alpha value is -1.69. The number of hydrogen-bond acceptors (Lipinski definition) is 3. The van der Waals surface area contributed by atoms with E-state index in [0.29, 0.717) is 13.2 Å². The predicted molar refractivity (Wildman–Crippen MR) is 60.5 cm³/mol. The van der Waals surface area contributed by atoms with Gasteiger partial charge in [-0.2, -0.15) is 5.26 Å². The van der Waals surface area contributed by atoms with Crippen molar-refractivity contribution in [2.75, 3.05) is 13.2 Å². The van der Waals surface area contributed by atoms with Crippen molar-refractivity contribution < 1.29 is 9.47 Å². The zero-order valence-electron chi connectivity index (χ0n) is 9.62. The van der Waals surface area contributed by atoms with Crippen LogP contribution in [0.15, 0.2) is 18.2 Å². The Kier molecular flexibility index (Phi) is 2.74. The zero-order chi connectivity index (χ0) is 11.6. The number of benzene rings is 1. The number of fused-ring (bicyclic) bond motifs is 1. The van der Waals surface area contributed by atoms with Crippen LogP contribution < -0.4 is 9.47 Å². The summed E-state index contributed by atoms with van der Waals surface area (Å²) in [6, 6.07) is 8.17. The normalized spacial score (nSPS) is 14.3. The van der Waals surface area contributed by atoms with Crippen LogP contribution >= 0.6 is 0 Å². The summed E-state index contributed by atoms with van der Waals surface area (Å²) in [5.74, 6) is 1.59. The molecule has 0 spiro atoms. The van der Waals surface area contributed by atoms with Gasteiger partial charge < -0.3 is 9.47 Å². The summed E-state index contributed by atoms with van der Waals surface area (Å²) in [5, 5.41) is 8.99. The molecule has 1 aliphatic rings. The van der Waals surface area contributed by atoms with Gasteiger partial charge >= 0.3 is 0 Å². The molecule has 1 heterocycles. The van der Waals surface area contributed by atoms with Gasteiger partial charge in [-0.25, -0.2) is 0 Å². The quantitative estimate of drug-likeness (QED) is 0.764. The Balaban J connectivity index is 2.21. The molecule has 1 aromatic rings. The van der Waals surface area contributed by atoms with Gasteiger partial charge in [0.25, 0.3) is 0 Å². The minimum absolute atomic E-state index is 0.343. The van der Waals surface area contributed by atoms with E-state index < -0.39 is 0 Å². The molecule has 0 bridgehead atoms. The molecule has 84 valence electrons. The highest BCUT2D eigenvalue weighted by atomic mass is 16.6. The van der Waals surface area contributed by atoms with Crippen molar-refractivity contribution in [3.63, 3.8) is 0 Å². The third kappa shape index (κ3) is 2.27. The summed E-state index contributed by atoms with van der Waals surface area (Å²) in [6.07, 6.45) is 0.722. The highest BCUT2D eigenvalue weighted by Crippen LogP contribution is 2.32. The Labute approximate surface area is 95.6 Å². The largest absolute Gasteiger partial charge is 0.486 e. The SMILES string of the molecule is CC(C)(C#N)Cc1ccc2c(c1)OCCO2. The van der Waals surface area contributed by atoms with Crippen LogP contribution in [0.4, 0.5) is 0 Å².